The highest BCUT2D eigenvalue weighted by atomic mass is 31.2. The summed E-state index contributed by atoms with van der Waals surface area (Å²) in [5.41, 5.74) is 0. The molecule has 0 aromatic carbocycles. The van der Waals surface area contributed by atoms with Crippen molar-refractivity contribution >= 4 is 7.83 Å². The molecule has 1 aliphatic carbocycles. The van der Waals surface area contributed by atoms with E-state index in [9.17, 15) is 8.76 Å². The molecular weight excluding hydrogens is 254 g/mol. The van der Waals surface area contributed by atoms with E-state index in [-0.39, 0.29) is 12.1 Å². The van der Waals surface area contributed by atoms with Gasteiger partial charge in [0.15, 0.2) is 0 Å². The summed E-state index contributed by atoms with van der Waals surface area (Å²) in [5, 5.41) is 0. The highest BCUT2D eigenvalue weighted by molar-refractivity contribution is 7.50. The van der Waals surface area contributed by atoms with Crippen LogP contribution in [0, 0.1) is 0 Å². The topological polar surface area (TPSA) is 32.8 Å². The molecule has 0 aromatic heterocycles. The summed E-state index contributed by atoms with van der Waals surface area (Å²) in [5.74, 6) is 0. The molecule has 0 radical (unpaired) electrons. The van der Waals surface area contributed by atoms with Gasteiger partial charge in [0, 0.05) is 6.04 Å². The van der Waals surface area contributed by atoms with E-state index in [1.807, 2.05) is 0 Å². The van der Waals surface area contributed by atoms with E-state index in [1.165, 1.54) is 14.1 Å². The molecule has 1 aliphatic rings. The van der Waals surface area contributed by atoms with E-state index in [1.54, 1.807) is 0 Å². The summed E-state index contributed by atoms with van der Waals surface area (Å²) >= 11 is 0. The lowest BCUT2D eigenvalue weighted by molar-refractivity contribution is 0.0323. The lowest BCUT2D eigenvalue weighted by Crippen LogP contribution is -2.46. The Morgan fingerprint density at radius 1 is 1.22 bits per heavy atom. The second kappa shape index (κ2) is 6.99. The Kier molecular flexibility index (Phi) is 6.25. The van der Waals surface area contributed by atoms with Crippen molar-refractivity contribution in [2.24, 2.45) is 0 Å². The predicted molar refractivity (Wildman–Crippen MR) is 72.5 cm³/mol. The van der Waals surface area contributed by atoms with Crippen LogP contribution in [0.15, 0.2) is 0 Å². The minimum absolute atomic E-state index is 0.192. The standard InChI is InChI=1S/C12H26FN2O2P/c1-5-15(6-2)11-9-7-8-10-12(11)17-18(13,16)14(3)4/h11-12H,5-10H2,1-4H3/t11-,12-,18?/m0/s1. The zero-order valence-corrected chi connectivity index (χ0v) is 12.8. The molecule has 0 spiro atoms. The molecule has 6 heteroatoms. The Labute approximate surface area is 110 Å². The Balaban J connectivity index is 2.73. The summed E-state index contributed by atoms with van der Waals surface area (Å²) in [6, 6.07) is 0.192. The van der Waals surface area contributed by atoms with E-state index in [4.69, 9.17) is 4.52 Å². The molecule has 18 heavy (non-hydrogen) atoms. The third-order valence-electron chi connectivity index (χ3n) is 3.69. The van der Waals surface area contributed by atoms with Gasteiger partial charge in [0.05, 0.1) is 6.10 Å². The minimum atomic E-state index is -4.12. The third kappa shape index (κ3) is 4.02. The number of hydrogen-bond acceptors (Lipinski definition) is 3. The van der Waals surface area contributed by atoms with E-state index in [0.717, 1.165) is 43.4 Å². The van der Waals surface area contributed by atoms with Gasteiger partial charge in [0.2, 0.25) is 0 Å². The third-order valence-corrected chi connectivity index (χ3v) is 5.18. The van der Waals surface area contributed by atoms with E-state index < -0.39 is 7.83 Å². The molecule has 0 bridgehead atoms. The molecule has 0 saturated heterocycles. The Hall–Kier alpha value is 0.0400. The first-order valence-electron chi connectivity index (χ1n) is 6.82. The lowest BCUT2D eigenvalue weighted by atomic mass is 9.91. The first-order chi connectivity index (χ1) is 8.42. The van der Waals surface area contributed by atoms with Gasteiger partial charge in [-0.25, -0.2) is 9.24 Å². The summed E-state index contributed by atoms with van der Waals surface area (Å²) in [6.07, 6.45) is 3.70. The molecule has 0 heterocycles. The van der Waals surface area contributed by atoms with Crippen molar-refractivity contribution in [3.8, 4) is 0 Å². The predicted octanol–water partition coefficient (Wildman–Crippen LogP) is 3.30. The van der Waals surface area contributed by atoms with Crippen LogP contribution in [0.4, 0.5) is 4.20 Å². The smallest absolute Gasteiger partial charge is 0.298 e. The van der Waals surface area contributed by atoms with Gasteiger partial charge in [-0.3, -0.25) is 9.42 Å². The van der Waals surface area contributed by atoms with Gasteiger partial charge in [0.1, 0.15) is 0 Å². The lowest BCUT2D eigenvalue weighted by Gasteiger charge is -2.39. The van der Waals surface area contributed by atoms with Crippen LogP contribution in [0.2, 0.25) is 0 Å². The van der Waals surface area contributed by atoms with Crippen LogP contribution < -0.4 is 0 Å². The molecule has 1 fully saturated rings. The van der Waals surface area contributed by atoms with Gasteiger partial charge in [-0.2, -0.15) is 0 Å². The average Bonchev–Trinajstić information content (AvgIpc) is 2.32. The second-order valence-electron chi connectivity index (χ2n) is 5.02. The van der Waals surface area contributed by atoms with Crippen molar-refractivity contribution in [3.05, 3.63) is 0 Å². The molecule has 0 aromatic rings. The highest BCUT2D eigenvalue weighted by Gasteiger charge is 2.37. The maximum absolute atomic E-state index is 13.9. The van der Waals surface area contributed by atoms with Crippen molar-refractivity contribution in [1.29, 1.82) is 0 Å². The van der Waals surface area contributed by atoms with Crippen molar-refractivity contribution in [2.75, 3.05) is 27.2 Å². The monoisotopic (exact) mass is 280 g/mol. The second-order valence-corrected chi connectivity index (χ2v) is 6.93. The van der Waals surface area contributed by atoms with E-state index in [2.05, 4.69) is 18.7 Å². The van der Waals surface area contributed by atoms with Gasteiger partial charge in [-0.1, -0.05) is 26.7 Å². The number of nitrogens with zero attached hydrogens (tertiary/aromatic N) is 2. The Morgan fingerprint density at radius 3 is 2.28 bits per heavy atom. The van der Waals surface area contributed by atoms with Gasteiger partial charge < -0.3 is 0 Å². The van der Waals surface area contributed by atoms with Gasteiger partial charge in [0.25, 0.3) is 0 Å². The Bertz CT molecular complexity index is 298. The molecule has 0 aliphatic heterocycles. The van der Waals surface area contributed by atoms with Crippen LogP contribution in [-0.2, 0) is 9.09 Å². The first kappa shape index (κ1) is 16.1. The fourth-order valence-electron chi connectivity index (χ4n) is 2.57. The largest absolute Gasteiger partial charge is 0.445 e. The van der Waals surface area contributed by atoms with Crippen molar-refractivity contribution in [2.45, 2.75) is 51.7 Å². The molecule has 1 saturated carbocycles. The zero-order chi connectivity index (χ0) is 13.8. The quantitative estimate of drug-likeness (QED) is 0.699. The molecule has 0 amide bonds. The number of hydrogen-bond donors (Lipinski definition) is 0. The SMILES string of the molecule is CCN(CC)[C@H]1CCCC[C@@H]1OP(=O)(F)N(C)C. The fraction of sp³-hybridized carbons (Fsp3) is 1.00. The highest BCUT2D eigenvalue weighted by Crippen LogP contribution is 2.53. The van der Waals surface area contributed by atoms with Crippen LogP contribution in [0.5, 0.6) is 0 Å². The molecule has 0 N–H and O–H groups in total. The van der Waals surface area contributed by atoms with E-state index in [0.29, 0.717) is 0 Å². The molecule has 1 unspecified atom stereocenters. The van der Waals surface area contributed by atoms with Gasteiger partial charge >= 0.3 is 7.83 Å². The summed E-state index contributed by atoms with van der Waals surface area (Å²) in [4.78, 5) is 2.28. The van der Waals surface area contributed by atoms with Crippen LogP contribution in [0.1, 0.15) is 39.5 Å². The summed E-state index contributed by atoms with van der Waals surface area (Å²) in [7, 11) is -1.22. The van der Waals surface area contributed by atoms with Crippen molar-refractivity contribution in [3.63, 3.8) is 0 Å². The maximum atomic E-state index is 13.9. The molecule has 3 atom stereocenters. The number of halogens is 1. The van der Waals surface area contributed by atoms with Gasteiger partial charge in [-0.05, 0) is 40.0 Å². The van der Waals surface area contributed by atoms with Gasteiger partial charge in [-0.15, -0.1) is 4.20 Å². The van der Waals surface area contributed by atoms with Crippen LogP contribution in [0.25, 0.3) is 0 Å². The molecule has 1 rings (SSSR count). The molecular formula is C12H26FN2O2P. The van der Waals surface area contributed by atoms with Crippen LogP contribution >= 0.6 is 7.83 Å². The normalized spacial score (nSPS) is 28.6. The van der Waals surface area contributed by atoms with Crippen molar-refractivity contribution in [1.82, 2.24) is 9.57 Å². The number of likely N-dealkylation sites (N-methyl/N-ethyl adjacent to an activating group) is 1. The Morgan fingerprint density at radius 2 is 1.78 bits per heavy atom. The van der Waals surface area contributed by atoms with E-state index >= 15 is 0 Å². The number of rotatable bonds is 6. The minimum Gasteiger partial charge on any atom is -0.298 e. The summed E-state index contributed by atoms with van der Waals surface area (Å²) in [6.45, 7) is 6.02. The van der Waals surface area contributed by atoms with Crippen LogP contribution in [0.3, 0.4) is 0 Å². The molecule has 4 nitrogen and oxygen atoms in total. The summed E-state index contributed by atoms with van der Waals surface area (Å²) < 4.78 is 32.0. The molecule has 108 valence electrons. The van der Waals surface area contributed by atoms with Crippen LogP contribution in [-0.4, -0.2) is 48.9 Å². The van der Waals surface area contributed by atoms with Crippen molar-refractivity contribution < 1.29 is 13.3 Å². The zero-order valence-electron chi connectivity index (χ0n) is 11.9. The average molecular weight is 280 g/mol. The first-order valence-corrected chi connectivity index (χ1v) is 8.29. The maximum Gasteiger partial charge on any atom is 0.445 e. The fourth-order valence-corrected chi connectivity index (χ4v) is 3.34.